The zero-order chi connectivity index (χ0) is 21.5. The van der Waals surface area contributed by atoms with Gasteiger partial charge in [0.1, 0.15) is 16.6 Å². The maximum Gasteiger partial charge on any atom is 0.238 e. The van der Waals surface area contributed by atoms with Crippen molar-refractivity contribution in [3.8, 4) is 32.3 Å². The molecule has 30 heavy (non-hydrogen) atoms. The van der Waals surface area contributed by atoms with Crippen molar-refractivity contribution < 1.29 is 17.2 Å². The summed E-state index contributed by atoms with van der Waals surface area (Å²) in [6.45, 7) is 0. The van der Waals surface area contributed by atoms with E-state index in [4.69, 9.17) is 16.7 Å². The summed E-state index contributed by atoms with van der Waals surface area (Å²) in [5.74, 6) is -1.23. The molecule has 4 aromatic rings. The van der Waals surface area contributed by atoms with Crippen LogP contribution in [0.25, 0.3) is 32.3 Å². The van der Waals surface area contributed by atoms with Gasteiger partial charge in [-0.15, -0.1) is 11.3 Å². The van der Waals surface area contributed by atoms with E-state index in [1.165, 1.54) is 23.5 Å². The molecule has 1 aromatic heterocycles. The standard InChI is InChI=1S/C21H13ClF2N2O2S2/c22-17-4-2-1-3-15(17)21-26-19(16-11-13(23)7-10-18(16)24)20(29-21)12-5-8-14(9-6-12)30(25,27)28/h1-11H,(H2,25,27,28). The third-order valence-corrected chi connectivity index (χ3v) is 6.76. The maximum absolute atomic E-state index is 14.5. The molecular weight excluding hydrogens is 450 g/mol. The van der Waals surface area contributed by atoms with E-state index in [0.717, 1.165) is 18.2 Å². The van der Waals surface area contributed by atoms with Crippen LogP contribution in [0.4, 0.5) is 8.78 Å². The Balaban J connectivity index is 1.94. The number of hydrogen-bond acceptors (Lipinski definition) is 4. The summed E-state index contributed by atoms with van der Waals surface area (Å²) in [4.78, 5) is 5.03. The van der Waals surface area contributed by atoms with Gasteiger partial charge in [0.2, 0.25) is 10.0 Å². The summed E-state index contributed by atoms with van der Waals surface area (Å²) in [7, 11) is -3.86. The second kappa shape index (κ2) is 7.88. The number of primary sulfonamides is 1. The van der Waals surface area contributed by atoms with E-state index >= 15 is 0 Å². The Labute approximate surface area is 180 Å². The van der Waals surface area contributed by atoms with Crippen molar-refractivity contribution in [2.45, 2.75) is 4.90 Å². The number of nitrogens with two attached hydrogens (primary N) is 1. The van der Waals surface area contributed by atoms with Gasteiger partial charge < -0.3 is 0 Å². The minimum atomic E-state index is -3.86. The smallest absolute Gasteiger partial charge is 0.235 e. The van der Waals surface area contributed by atoms with Gasteiger partial charge in [-0.1, -0.05) is 41.9 Å². The molecule has 152 valence electrons. The van der Waals surface area contributed by atoms with Crippen LogP contribution in [-0.2, 0) is 10.0 Å². The quantitative estimate of drug-likeness (QED) is 0.421. The van der Waals surface area contributed by atoms with Gasteiger partial charge in [0.05, 0.1) is 20.5 Å². The third kappa shape index (κ3) is 3.99. The number of sulfonamides is 1. The summed E-state index contributed by atoms with van der Waals surface area (Å²) >= 11 is 7.53. The lowest BCUT2D eigenvalue weighted by molar-refractivity contribution is 0.598. The Morgan fingerprint density at radius 1 is 0.933 bits per heavy atom. The number of thiazole rings is 1. The predicted octanol–water partition coefficient (Wildman–Crippen LogP) is 5.72. The molecule has 2 N–H and O–H groups in total. The first-order valence-corrected chi connectivity index (χ1v) is 11.3. The Hall–Kier alpha value is -2.65. The molecule has 4 rings (SSSR count). The van der Waals surface area contributed by atoms with Crippen molar-refractivity contribution in [3.63, 3.8) is 0 Å². The number of benzene rings is 3. The van der Waals surface area contributed by atoms with Gasteiger partial charge in [0.25, 0.3) is 0 Å². The minimum Gasteiger partial charge on any atom is -0.235 e. The van der Waals surface area contributed by atoms with E-state index in [1.807, 2.05) is 0 Å². The molecule has 0 bridgehead atoms. The molecule has 0 radical (unpaired) electrons. The van der Waals surface area contributed by atoms with Crippen molar-refractivity contribution in [2.75, 3.05) is 0 Å². The summed E-state index contributed by atoms with van der Waals surface area (Å²) < 4.78 is 51.5. The fourth-order valence-corrected chi connectivity index (χ4v) is 4.84. The van der Waals surface area contributed by atoms with Crippen LogP contribution in [0.5, 0.6) is 0 Å². The Kier molecular flexibility index (Phi) is 5.42. The molecule has 4 nitrogen and oxygen atoms in total. The van der Waals surface area contributed by atoms with Crippen LogP contribution >= 0.6 is 22.9 Å². The molecular formula is C21H13ClF2N2O2S2. The van der Waals surface area contributed by atoms with E-state index in [1.54, 1.807) is 36.4 Å². The van der Waals surface area contributed by atoms with Crippen molar-refractivity contribution in [1.29, 1.82) is 0 Å². The summed E-state index contributed by atoms with van der Waals surface area (Å²) in [5, 5.41) is 6.14. The molecule has 1 heterocycles. The summed E-state index contributed by atoms with van der Waals surface area (Å²) in [6, 6.07) is 16.0. The van der Waals surface area contributed by atoms with Gasteiger partial charge in [0.15, 0.2) is 0 Å². The van der Waals surface area contributed by atoms with Crippen LogP contribution in [0.2, 0.25) is 5.02 Å². The molecule has 0 aliphatic heterocycles. The molecule has 0 unspecified atom stereocenters. The molecule has 0 fully saturated rings. The molecule has 9 heteroatoms. The second-order valence-electron chi connectivity index (χ2n) is 6.37. The van der Waals surface area contributed by atoms with Crippen LogP contribution in [0, 0.1) is 11.6 Å². The average molecular weight is 463 g/mol. The van der Waals surface area contributed by atoms with Crippen LogP contribution in [0.15, 0.2) is 71.6 Å². The summed E-state index contributed by atoms with van der Waals surface area (Å²) in [5.41, 5.74) is 1.46. The normalized spacial score (nSPS) is 11.6. The van der Waals surface area contributed by atoms with Gasteiger partial charge in [-0.2, -0.15) is 0 Å². The molecule has 0 amide bonds. The summed E-state index contributed by atoms with van der Waals surface area (Å²) in [6.07, 6.45) is 0. The molecule has 0 spiro atoms. The Morgan fingerprint density at radius 3 is 2.30 bits per heavy atom. The highest BCUT2D eigenvalue weighted by Gasteiger charge is 2.21. The van der Waals surface area contributed by atoms with E-state index < -0.39 is 21.7 Å². The largest absolute Gasteiger partial charge is 0.238 e. The molecule has 3 aromatic carbocycles. The van der Waals surface area contributed by atoms with Crippen LogP contribution in [0.1, 0.15) is 0 Å². The highest BCUT2D eigenvalue weighted by molar-refractivity contribution is 7.89. The lowest BCUT2D eigenvalue weighted by Crippen LogP contribution is -2.11. The lowest BCUT2D eigenvalue weighted by atomic mass is 10.1. The molecule has 0 atom stereocenters. The van der Waals surface area contributed by atoms with Crippen LogP contribution < -0.4 is 5.14 Å². The van der Waals surface area contributed by atoms with Gasteiger partial charge >= 0.3 is 0 Å². The predicted molar refractivity (Wildman–Crippen MR) is 115 cm³/mol. The first-order valence-electron chi connectivity index (χ1n) is 8.58. The minimum absolute atomic E-state index is 0.00456. The van der Waals surface area contributed by atoms with Crippen LogP contribution in [0.3, 0.4) is 0 Å². The van der Waals surface area contributed by atoms with Crippen LogP contribution in [-0.4, -0.2) is 13.4 Å². The first-order chi connectivity index (χ1) is 14.2. The van der Waals surface area contributed by atoms with E-state index in [0.29, 0.717) is 26.0 Å². The second-order valence-corrected chi connectivity index (χ2v) is 9.34. The lowest BCUT2D eigenvalue weighted by Gasteiger charge is -2.05. The van der Waals surface area contributed by atoms with E-state index in [9.17, 15) is 17.2 Å². The first kappa shape index (κ1) is 20.6. The number of nitrogens with zero attached hydrogens (tertiary/aromatic N) is 1. The SMILES string of the molecule is NS(=O)(=O)c1ccc(-c2sc(-c3ccccc3Cl)nc2-c2cc(F)ccc2F)cc1. The number of halogens is 3. The van der Waals surface area contributed by atoms with E-state index in [2.05, 4.69) is 4.98 Å². The van der Waals surface area contributed by atoms with Crippen molar-refractivity contribution in [2.24, 2.45) is 5.14 Å². The zero-order valence-corrected chi connectivity index (χ0v) is 17.5. The number of rotatable bonds is 4. The molecule has 0 aliphatic rings. The Morgan fingerprint density at radius 2 is 1.63 bits per heavy atom. The van der Waals surface area contributed by atoms with Crippen molar-refractivity contribution in [1.82, 2.24) is 4.98 Å². The molecule has 0 aliphatic carbocycles. The maximum atomic E-state index is 14.5. The number of aromatic nitrogens is 1. The van der Waals surface area contributed by atoms with Gasteiger partial charge in [0, 0.05) is 11.1 Å². The van der Waals surface area contributed by atoms with Gasteiger partial charge in [-0.25, -0.2) is 27.3 Å². The number of hydrogen-bond donors (Lipinski definition) is 1. The third-order valence-electron chi connectivity index (χ3n) is 4.36. The fraction of sp³-hybridized carbons (Fsp3) is 0. The van der Waals surface area contributed by atoms with Gasteiger partial charge in [-0.05, 0) is 42.0 Å². The van der Waals surface area contributed by atoms with Crippen molar-refractivity contribution in [3.05, 3.63) is 83.4 Å². The van der Waals surface area contributed by atoms with E-state index in [-0.39, 0.29) is 16.2 Å². The zero-order valence-electron chi connectivity index (χ0n) is 15.1. The monoisotopic (exact) mass is 462 g/mol. The highest BCUT2D eigenvalue weighted by atomic mass is 35.5. The Bertz CT molecular complexity index is 1350. The topological polar surface area (TPSA) is 73.1 Å². The molecule has 0 saturated carbocycles. The fourth-order valence-electron chi connectivity index (χ4n) is 2.92. The van der Waals surface area contributed by atoms with Crippen molar-refractivity contribution >= 4 is 33.0 Å². The average Bonchev–Trinajstić information content (AvgIpc) is 3.14. The molecule has 0 saturated heterocycles. The van der Waals surface area contributed by atoms with Gasteiger partial charge in [-0.3, -0.25) is 0 Å². The highest BCUT2D eigenvalue weighted by Crippen LogP contribution is 2.43.